The van der Waals surface area contributed by atoms with Gasteiger partial charge in [0.1, 0.15) is 28.8 Å². The third-order valence-corrected chi connectivity index (χ3v) is 5.39. The highest BCUT2D eigenvalue weighted by atomic mass is 35.5. The number of aromatic nitrogens is 1. The van der Waals surface area contributed by atoms with Crippen LogP contribution in [0.1, 0.15) is 35.7 Å². The summed E-state index contributed by atoms with van der Waals surface area (Å²) in [6, 6.07) is 0.948. The summed E-state index contributed by atoms with van der Waals surface area (Å²) in [4.78, 5) is 35.5. The Labute approximate surface area is 207 Å². The fourth-order valence-corrected chi connectivity index (χ4v) is 3.78. The Kier molecular flexibility index (Phi) is 10.6. The quantitative estimate of drug-likeness (QED) is 0.238. The molecule has 2 atom stereocenters. The summed E-state index contributed by atoms with van der Waals surface area (Å²) in [5.74, 6) is -3.66. The van der Waals surface area contributed by atoms with Crippen molar-refractivity contribution in [3.8, 4) is 5.88 Å². The molecule has 2 unspecified atom stereocenters. The molecule has 1 aromatic heterocycles. The van der Waals surface area contributed by atoms with Crippen LogP contribution in [0.4, 0.5) is 18.6 Å². The van der Waals surface area contributed by atoms with E-state index >= 15 is 0 Å². The molecule has 4 amide bonds. The highest BCUT2D eigenvalue weighted by Crippen LogP contribution is 2.31. The van der Waals surface area contributed by atoms with Gasteiger partial charge in [0, 0.05) is 24.5 Å². The first kappa shape index (κ1) is 28.2. The molecule has 11 nitrogen and oxygen atoms in total. The zero-order chi connectivity index (χ0) is 26.1. The van der Waals surface area contributed by atoms with Crippen molar-refractivity contribution in [3.63, 3.8) is 0 Å². The van der Waals surface area contributed by atoms with Crippen LogP contribution in [0.3, 0.4) is 0 Å². The summed E-state index contributed by atoms with van der Waals surface area (Å²) in [5.41, 5.74) is 4.56. The zero-order valence-electron chi connectivity index (χ0n) is 18.4. The van der Waals surface area contributed by atoms with E-state index in [1.54, 1.807) is 6.92 Å². The summed E-state index contributed by atoms with van der Waals surface area (Å²) in [6.45, 7) is 1.22. The molecule has 1 heterocycles. The van der Waals surface area contributed by atoms with E-state index in [9.17, 15) is 33.4 Å². The van der Waals surface area contributed by atoms with Crippen LogP contribution in [0.25, 0.3) is 0 Å². The number of urea groups is 1. The molecular formula is C20H24ClF2N5O6S. The minimum Gasteiger partial charge on any atom is -0.471 e. The fraction of sp³-hybridized carbons (Fsp3) is 0.400. The highest BCUT2D eigenvalue weighted by molar-refractivity contribution is 7.11. The molecule has 0 spiro atoms. The molecule has 2 rings (SSSR count). The molecule has 0 aliphatic rings. The van der Waals surface area contributed by atoms with Gasteiger partial charge < -0.3 is 31.3 Å². The Balaban J connectivity index is 1.94. The second kappa shape index (κ2) is 13.1. The molecule has 0 radical (unpaired) electrons. The summed E-state index contributed by atoms with van der Waals surface area (Å²) in [6.07, 6.45) is -2.64. The Morgan fingerprint density at radius 2 is 1.86 bits per heavy atom. The van der Waals surface area contributed by atoms with Gasteiger partial charge in [-0.25, -0.2) is 13.6 Å². The average molecular weight is 536 g/mol. The van der Waals surface area contributed by atoms with Crippen molar-refractivity contribution in [3.05, 3.63) is 39.9 Å². The van der Waals surface area contributed by atoms with Gasteiger partial charge in [0.25, 0.3) is 5.91 Å². The van der Waals surface area contributed by atoms with Crippen LogP contribution in [0, 0.1) is 11.6 Å². The van der Waals surface area contributed by atoms with Crippen molar-refractivity contribution in [1.82, 2.24) is 15.0 Å². The minimum atomic E-state index is -1.16. The van der Waals surface area contributed by atoms with Crippen molar-refractivity contribution >= 4 is 46.0 Å². The monoisotopic (exact) mass is 535 g/mol. The van der Waals surface area contributed by atoms with Crippen LogP contribution in [0.5, 0.6) is 5.88 Å². The van der Waals surface area contributed by atoms with Gasteiger partial charge in [0.15, 0.2) is 0 Å². The van der Waals surface area contributed by atoms with E-state index in [1.807, 2.05) is 0 Å². The third-order valence-electron chi connectivity index (χ3n) is 4.43. The van der Waals surface area contributed by atoms with Crippen LogP contribution in [-0.2, 0) is 11.4 Å². The fourth-order valence-electron chi connectivity index (χ4n) is 2.85. The van der Waals surface area contributed by atoms with Gasteiger partial charge in [-0.2, -0.15) is 4.37 Å². The highest BCUT2D eigenvalue weighted by Gasteiger charge is 2.23. The van der Waals surface area contributed by atoms with E-state index in [0.29, 0.717) is 18.1 Å². The number of rotatable bonds is 12. The number of halogens is 3. The van der Waals surface area contributed by atoms with E-state index in [0.717, 1.165) is 12.1 Å². The first-order valence-corrected chi connectivity index (χ1v) is 11.4. The third kappa shape index (κ3) is 8.58. The summed E-state index contributed by atoms with van der Waals surface area (Å²) >= 11 is 6.21. The first-order valence-electron chi connectivity index (χ1n) is 10.2. The number of amides is 4. The molecule has 192 valence electrons. The number of benzene rings is 1. The lowest BCUT2D eigenvalue weighted by Gasteiger charge is -2.16. The number of anilines is 1. The van der Waals surface area contributed by atoms with Crippen LogP contribution in [0.2, 0.25) is 5.02 Å². The van der Waals surface area contributed by atoms with Crippen molar-refractivity contribution in [1.29, 1.82) is 0 Å². The SMILES string of the molecule is CCNC(=O)CC(O)CC(O)CNC(=O)Nc1snc(OCc2c(F)cc(Cl)cc2F)c1C(N)=O. The predicted octanol–water partition coefficient (Wildman–Crippen LogP) is 1.51. The van der Waals surface area contributed by atoms with Gasteiger partial charge >= 0.3 is 6.03 Å². The lowest BCUT2D eigenvalue weighted by molar-refractivity contribution is -0.123. The van der Waals surface area contributed by atoms with Crippen molar-refractivity contribution in [2.24, 2.45) is 5.73 Å². The number of carbonyl (C=O) groups excluding carboxylic acids is 3. The number of ether oxygens (including phenoxy) is 1. The number of nitrogens with two attached hydrogens (primary N) is 1. The molecule has 0 aliphatic heterocycles. The summed E-state index contributed by atoms with van der Waals surface area (Å²) in [5, 5.41) is 26.7. The first-order chi connectivity index (χ1) is 16.5. The van der Waals surface area contributed by atoms with Gasteiger partial charge in [-0.15, -0.1) is 0 Å². The van der Waals surface area contributed by atoms with Gasteiger partial charge in [-0.3, -0.25) is 14.9 Å². The number of carbonyl (C=O) groups is 3. The smallest absolute Gasteiger partial charge is 0.320 e. The molecule has 35 heavy (non-hydrogen) atoms. The molecule has 2 aromatic rings. The number of aliphatic hydroxyl groups excluding tert-OH is 2. The molecule has 15 heteroatoms. The van der Waals surface area contributed by atoms with Crippen LogP contribution >= 0.6 is 23.1 Å². The number of nitrogens with zero attached hydrogens (tertiary/aromatic N) is 1. The molecule has 1 aromatic carbocycles. The Morgan fingerprint density at radius 1 is 1.20 bits per heavy atom. The van der Waals surface area contributed by atoms with Gasteiger partial charge in [0.05, 0.1) is 24.2 Å². The Bertz CT molecular complexity index is 1050. The second-order valence-corrected chi connectivity index (χ2v) is 8.44. The van der Waals surface area contributed by atoms with Gasteiger partial charge in [-0.1, -0.05) is 11.6 Å². The second-order valence-electron chi connectivity index (χ2n) is 7.23. The molecule has 0 saturated heterocycles. The topological polar surface area (TPSA) is 176 Å². The number of primary amides is 1. The van der Waals surface area contributed by atoms with E-state index in [-0.39, 0.29) is 46.8 Å². The molecule has 0 bridgehead atoms. The standard InChI is InChI=1S/C20H24ClF2N5O6S/c1-2-25-15(31)6-10(29)5-11(30)7-26-20(33)27-19-16(17(24)32)18(28-35-19)34-8-12-13(22)3-9(21)4-14(12)23/h3-4,10-11,29-30H,2,5-8H2,1H3,(H2,24,32)(H,25,31)(H2,26,27,33). The van der Waals surface area contributed by atoms with Gasteiger partial charge in [-0.05, 0) is 30.6 Å². The molecule has 0 aliphatic carbocycles. The summed E-state index contributed by atoms with van der Waals surface area (Å²) < 4.78 is 37.0. The maximum Gasteiger partial charge on any atom is 0.320 e. The van der Waals surface area contributed by atoms with Crippen molar-refractivity contribution in [2.45, 2.75) is 38.6 Å². The van der Waals surface area contributed by atoms with Crippen LogP contribution in [0.15, 0.2) is 12.1 Å². The summed E-state index contributed by atoms with van der Waals surface area (Å²) in [7, 11) is 0. The van der Waals surface area contributed by atoms with E-state index in [1.165, 1.54) is 0 Å². The van der Waals surface area contributed by atoms with Gasteiger partial charge in [0.2, 0.25) is 11.8 Å². The minimum absolute atomic E-state index is 0.104. The van der Waals surface area contributed by atoms with Crippen LogP contribution in [-0.4, -0.2) is 57.7 Å². The maximum absolute atomic E-state index is 13.9. The molecular weight excluding hydrogens is 512 g/mol. The normalized spacial score (nSPS) is 12.5. The lowest BCUT2D eigenvalue weighted by Crippen LogP contribution is -2.37. The number of aliphatic hydroxyl groups is 2. The van der Waals surface area contributed by atoms with E-state index in [2.05, 4.69) is 20.3 Å². The molecule has 0 saturated carbocycles. The predicted molar refractivity (Wildman–Crippen MR) is 123 cm³/mol. The zero-order valence-corrected chi connectivity index (χ0v) is 20.0. The van der Waals surface area contributed by atoms with Crippen LogP contribution < -0.4 is 26.4 Å². The molecule has 0 fully saturated rings. The maximum atomic E-state index is 13.9. The lowest BCUT2D eigenvalue weighted by atomic mass is 10.1. The van der Waals surface area contributed by atoms with Crippen molar-refractivity contribution in [2.75, 3.05) is 18.4 Å². The number of hydrogen-bond donors (Lipinski definition) is 6. The molecule has 7 N–H and O–H groups in total. The van der Waals surface area contributed by atoms with Crippen molar-refractivity contribution < 1.29 is 38.1 Å². The van der Waals surface area contributed by atoms with E-state index in [4.69, 9.17) is 22.1 Å². The Morgan fingerprint density at radius 3 is 2.46 bits per heavy atom. The van der Waals surface area contributed by atoms with E-state index < -0.39 is 48.0 Å². The number of nitrogens with one attached hydrogen (secondary N) is 3. The average Bonchev–Trinajstić information content (AvgIpc) is 3.14. The number of hydrogen-bond acceptors (Lipinski definition) is 8. The Hall–Kier alpha value is -3.07. The largest absolute Gasteiger partial charge is 0.471 e.